The van der Waals surface area contributed by atoms with Gasteiger partial charge in [0.2, 0.25) is 0 Å². The predicted molar refractivity (Wildman–Crippen MR) is 57.7 cm³/mol. The molecule has 0 aromatic heterocycles. The number of hydrogen-bond acceptors (Lipinski definition) is 3. The summed E-state index contributed by atoms with van der Waals surface area (Å²) in [5.74, 6) is 1.78. The highest BCUT2D eigenvalue weighted by atomic mass is 32.2. The molecule has 0 saturated heterocycles. The van der Waals surface area contributed by atoms with Crippen molar-refractivity contribution in [2.45, 2.75) is 11.8 Å². The van der Waals surface area contributed by atoms with Crippen LogP contribution in [0.2, 0.25) is 0 Å². The van der Waals surface area contributed by atoms with Crippen LogP contribution in [0.25, 0.3) is 0 Å². The lowest BCUT2D eigenvalue weighted by Gasteiger charge is -2.06. The van der Waals surface area contributed by atoms with Crippen molar-refractivity contribution in [1.29, 1.82) is 0 Å². The zero-order chi connectivity index (χ0) is 9.52. The van der Waals surface area contributed by atoms with E-state index in [0.717, 1.165) is 11.5 Å². The fourth-order valence-electron chi connectivity index (χ4n) is 0.955. The molecule has 1 unspecified atom stereocenters. The summed E-state index contributed by atoms with van der Waals surface area (Å²) in [5.41, 5.74) is 6.87. The predicted octanol–water partition coefficient (Wildman–Crippen LogP) is 1.24. The Balaban J connectivity index is 2.20. The van der Waals surface area contributed by atoms with Gasteiger partial charge in [0.1, 0.15) is 0 Å². The summed E-state index contributed by atoms with van der Waals surface area (Å²) in [5, 5.41) is 8.69. The molecule has 13 heavy (non-hydrogen) atoms. The Labute approximate surface area is 83.1 Å². The molecular formula is C10H15NOS. The molecule has 72 valence electrons. The molecule has 0 fully saturated rings. The topological polar surface area (TPSA) is 46.2 Å². The van der Waals surface area contributed by atoms with Crippen LogP contribution < -0.4 is 5.73 Å². The van der Waals surface area contributed by atoms with E-state index >= 15 is 0 Å². The number of hydrogen-bond donors (Lipinski definition) is 2. The van der Waals surface area contributed by atoms with Crippen molar-refractivity contribution in [3.8, 4) is 0 Å². The largest absolute Gasteiger partial charge is 0.395 e. The van der Waals surface area contributed by atoms with Crippen LogP contribution in [-0.2, 0) is 5.75 Å². The van der Waals surface area contributed by atoms with Crippen LogP contribution in [0.4, 0.5) is 0 Å². The maximum atomic E-state index is 8.69. The van der Waals surface area contributed by atoms with Gasteiger partial charge in [-0.25, -0.2) is 0 Å². The fourth-order valence-corrected chi connectivity index (χ4v) is 1.91. The van der Waals surface area contributed by atoms with Crippen molar-refractivity contribution in [1.82, 2.24) is 0 Å². The highest BCUT2D eigenvalue weighted by Gasteiger charge is 1.99. The minimum Gasteiger partial charge on any atom is -0.395 e. The Morgan fingerprint density at radius 2 is 2.00 bits per heavy atom. The highest BCUT2D eigenvalue weighted by molar-refractivity contribution is 7.98. The zero-order valence-corrected chi connectivity index (χ0v) is 8.33. The summed E-state index contributed by atoms with van der Waals surface area (Å²) in [6, 6.07) is 10.2. The van der Waals surface area contributed by atoms with Gasteiger partial charge in [-0.3, -0.25) is 0 Å². The quantitative estimate of drug-likeness (QED) is 0.746. The summed E-state index contributed by atoms with van der Waals surface area (Å²) in [6.07, 6.45) is 0. The molecule has 1 aromatic carbocycles. The average molecular weight is 197 g/mol. The van der Waals surface area contributed by atoms with Gasteiger partial charge in [-0.1, -0.05) is 30.3 Å². The number of aliphatic hydroxyl groups is 1. The molecule has 0 aliphatic heterocycles. The Hall–Kier alpha value is -0.510. The summed E-state index contributed by atoms with van der Waals surface area (Å²) in [4.78, 5) is 0. The lowest BCUT2D eigenvalue weighted by Crippen LogP contribution is -2.26. The van der Waals surface area contributed by atoms with Gasteiger partial charge < -0.3 is 10.8 Å². The molecule has 3 N–H and O–H groups in total. The maximum Gasteiger partial charge on any atom is 0.0590 e. The SMILES string of the molecule is NC(CO)CSCc1ccccc1. The molecule has 1 rings (SSSR count). The first-order valence-electron chi connectivity index (χ1n) is 4.31. The van der Waals surface area contributed by atoms with Gasteiger partial charge in [-0.2, -0.15) is 11.8 Å². The Bertz CT molecular complexity index is 228. The van der Waals surface area contributed by atoms with Gasteiger partial charge in [-0.15, -0.1) is 0 Å². The van der Waals surface area contributed by atoms with Crippen LogP contribution in [-0.4, -0.2) is 23.5 Å². The molecule has 1 aromatic rings. The zero-order valence-electron chi connectivity index (χ0n) is 7.52. The monoisotopic (exact) mass is 197 g/mol. The lowest BCUT2D eigenvalue weighted by molar-refractivity contribution is 0.275. The lowest BCUT2D eigenvalue weighted by atomic mass is 10.2. The Kier molecular flexibility index (Phi) is 4.90. The summed E-state index contributed by atoms with van der Waals surface area (Å²) in [6.45, 7) is 0.0712. The third kappa shape index (κ3) is 4.31. The van der Waals surface area contributed by atoms with Crippen molar-refractivity contribution in [3.63, 3.8) is 0 Å². The van der Waals surface area contributed by atoms with Crippen molar-refractivity contribution >= 4 is 11.8 Å². The molecule has 0 aliphatic carbocycles. The fraction of sp³-hybridized carbons (Fsp3) is 0.400. The molecule has 0 radical (unpaired) electrons. The van der Waals surface area contributed by atoms with Crippen LogP contribution in [0, 0.1) is 0 Å². The molecule has 0 saturated carbocycles. The van der Waals surface area contributed by atoms with Crippen molar-refractivity contribution in [2.24, 2.45) is 5.73 Å². The highest BCUT2D eigenvalue weighted by Crippen LogP contribution is 2.11. The molecule has 2 nitrogen and oxygen atoms in total. The molecule has 1 atom stereocenters. The molecule has 0 bridgehead atoms. The van der Waals surface area contributed by atoms with E-state index in [0.29, 0.717) is 0 Å². The van der Waals surface area contributed by atoms with E-state index in [1.165, 1.54) is 5.56 Å². The number of rotatable bonds is 5. The second kappa shape index (κ2) is 6.02. The maximum absolute atomic E-state index is 8.69. The molecule has 0 spiro atoms. The second-order valence-corrected chi connectivity index (χ2v) is 3.97. The average Bonchev–Trinajstić information content (AvgIpc) is 2.19. The summed E-state index contributed by atoms with van der Waals surface area (Å²) < 4.78 is 0. The van der Waals surface area contributed by atoms with E-state index in [4.69, 9.17) is 10.8 Å². The standard InChI is InChI=1S/C10H15NOS/c11-10(6-12)8-13-7-9-4-2-1-3-5-9/h1-5,10,12H,6-8,11H2. The van der Waals surface area contributed by atoms with E-state index in [2.05, 4.69) is 12.1 Å². The second-order valence-electron chi connectivity index (χ2n) is 2.94. The number of aliphatic hydroxyl groups excluding tert-OH is 1. The van der Waals surface area contributed by atoms with E-state index in [1.807, 2.05) is 18.2 Å². The van der Waals surface area contributed by atoms with Crippen LogP contribution in [0.5, 0.6) is 0 Å². The first-order chi connectivity index (χ1) is 6.33. The number of benzene rings is 1. The van der Waals surface area contributed by atoms with Crippen LogP contribution in [0.3, 0.4) is 0 Å². The molecule has 0 heterocycles. The van der Waals surface area contributed by atoms with Crippen LogP contribution in [0.1, 0.15) is 5.56 Å². The first-order valence-corrected chi connectivity index (χ1v) is 5.46. The smallest absolute Gasteiger partial charge is 0.0590 e. The summed E-state index contributed by atoms with van der Waals surface area (Å²) >= 11 is 1.75. The van der Waals surface area contributed by atoms with Gasteiger partial charge >= 0.3 is 0 Å². The minimum absolute atomic E-state index is 0.0712. The molecule has 0 amide bonds. The van der Waals surface area contributed by atoms with Crippen LogP contribution in [0.15, 0.2) is 30.3 Å². The molecular weight excluding hydrogens is 182 g/mol. The number of nitrogens with two attached hydrogens (primary N) is 1. The number of thioether (sulfide) groups is 1. The van der Waals surface area contributed by atoms with Gasteiger partial charge in [0.05, 0.1) is 6.61 Å². The van der Waals surface area contributed by atoms with Gasteiger partial charge in [-0.05, 0) is 5.56 Å². The van der Waals surface area contributed by atoms with Crippen molar-refractivity contribution in [3.05, 3.63) is 35.9 Å². The Morgan fingerprint density at radius 1 is 1.31 bits per heavy atom. The van der Waals surface area contributed by atoms with Crippen molar-refractivity contribution < 1.29 is 5.11 Å². The first kappa shape index (κ1) is 10.6. The Morgan fingerprint density at radius 3 is 2.62 bits per heavy atom. The van der Waals surface area contributed by atoms with Gasteiger partial charge in [0.15, 0.2) is 0 Å². The van der Waals surface area contributed by atoms with Crippen molar-refractivity contribution in [2.75, 3.05) is 12.4 Å². The van der Waals surface area contributed by atoms with E-state index in [-0.39, 0.29) is 12.6 Å². The van der Waals surface area contributed by atoms with E-state index in [9.17, 15) is 0 Å². The normalized spacial score (nSPS) is 12.8. The molecule has 3 heteroatoms. The minimum atomic E-state index is -0.0892. The van der Waals surface area contributed by atoms with Crippen LogP contribution >= 0.6 is 11.8 Å². The summed E-state index contributed by atoms with van der Waals surface area (Å²) in [7, 11) is 0. The third-order valence-corrected chi connectivity index (χ3v) is 2.88. The van der Waals surface area contributed by atoms with E-state index < -0.39 is 0 Å². The van der Waals surface area contributed by atoms with E-state index in [1.54, 1.807) is 11.8 Å². The van der Waals surface area contributed by atoms with Gasteiger partial charge in [0, 0.05) is 17.5 Å². The molecule has 0 aliphatic rings. The third-order valence-electron chi connectivity index (χ3n) is 1.68. The van der Waals surface area contributed by atoms with Gasteiger partial charge in [0.25, 0.3) is 0 Å².